The van der Waals surface area contributed by atoms with E-state index in [4.69, 9.17) is 4.74 Å². The molecule has 1 aliphatic heterocycles. The molecule has 0 N–H and O–H groups in total. The molecule has 7 heteroatoms. The van der Waals surface area contributed by atoms with Gasteiger partial charge >= 0.3 is 0 Å². The number of ether oxygens (including phenoxy) is 1. The van der Waals surface area contributed by atoms with Crippen molar-refractivity contribution in [2.45, 2.75) is 25.0 Å². The molecule has 2 atom stereocenters. The van der Waals surface area contributed by atoms with E-state index in [0.717, 1.165) is 18.4 Å². The first-order chi connectivity index (χ1) is 10.2. The summed E-state index contributed by atoms with van der Waals surface area (Å²) in [6.45, 7) is 0.708. The van der Waals surface area contributed by atoms with Crippen molar-refractivity contribution in [3.8, 4) is 0 Å². The zero-order valence-electron chi connectivity index (χ0n) is 12.1. The van der Waals surface area contributed by atoms with E-state index in [1.54, 1.807) is 22.7 Å². The minimum absolute atomic E-state index is 0.00955. The maximum atomic E-state index is 12.6. The number of aryl methyl sites for hydroxylation is 1. The lowest BCUT2D eigenvalue weighted by Crippen LogP contribution is -2.41. The SMILES string of the molecule is CO[C@@H]1CCN(C(=O)c2cscn2)[C@H]1Cc1cnn(C)c1. The van der Waals surface area contributed by atoms with E-state index in [2.05, 4.69) is 10.1 Å². The van der Waals surface area contributed by atoms with E-state index < -0.39 is 0 Å². The first-order valence-corrected chi connectivity index (χ1v) is 7.83. The zero-order valence-corrected chi connectivity index (χ0v) is 12.9. The highest BCUT2D eigenvalue weighted by Gasteiger charge is 2.38. The van der Waals surface area contributed by atoms with Gasteiger partial charge in [-0.1, -0.05) is 0 Å². The predicted octanol–water partition coefficient (Wildman–Crippen LogP) is 1.35. The van der Waals surface area contributed by atoms with Crippen molar-refractivity contribution < 1.29 is 9.53 Å². The number of thiazole rings is 1. The Morgan fingerprint density at radius 2 is 2.43 bits per heavy atom. The van der Waals surface area contributed by atoms with Crippen molar-refractivity contribution >= 4 is 17.2 Å². The quantitative estimate of drug-likeness (QED) is 0.855. The van der Waals surface area contributed by atoms with Gasteiger partial charge in [-0.25, -0.2) is 4.98 Å². The lowest BCUT2D eigenvalue weighted by atomic mass is 10.0. The molecule has 1 amide bonds. The Morgan fingerprint density at radius 1 is 1.57 bits per heavy atom. The summed E-state index contributed by atoms with van der Waals surface area (Å²) in [7, 11) is 3.60. The fourth-order valence-electron chi connectivity index (χ4n) is 2.88. The van der Waals surface area contributed by atoms with Crippen LogP contribution in [0.25, 0.3) is 0 Å². The Labute approximate surface area is 127 Å². The van der Waals surface area contributed by atoms with Crippen molar-refractivity contribution in [2.75, 3.05) is 13.7 Å². The highest BCUT2D eigenvalue weighted by Crippen LogP contribution is 2.25. The molecule has 0 unspecified atom stereocenters. The van der Waals surface area contributed by atoms with Gasteiger partial charge in [0.1, 0.15) is 5.69 Å². The molecule has 0 bridgehead atoms. The average molecular weight is 306 g/mol. The van der Waals surface area contributed by atoms with Crippen LogP contribution in [-0.2, 0) is 18.2 Å². The van der Waals surface area contributed by atoms with E-state index >= 15 is 0 Å². The Hall–Kier alpha value is -1.73. The summed E-state index contributed by atoms with van der Waals surface area (Å²) in [6.07, 6.45) is 5.50. The molecule has 0 aliphatic carbocycles. The Bertz CT molecular complexity index is 610. The van der Waals surface area contributed by atoms with Gasteiger partial charge in [0.2, 0.25) is 0 Å². The van der Waals surface area contributed by atoms with Gasteiger partial charge in [0, 0.05) is 32.3 Å². The third kappa shape index (κ3) is 2.84. The van der Waals surface area contributed by atoms with Crippen molar-refractivity contribution in [2.24, 2.45) is 7.05 Å². The van der Waals surface area contributed by atoms with Crippen LogP contribution in [0.4, 0.5) is 0 Å². The van der Waals surface area contributed by atoms with Crippen LogP contribution in [0.1, 0.15) is 22.5 Å². The third-order valence-corrected chi connectivity index (χ3v) is 4.49. The second kappa shape index (κ2) is 5.95. The number of hydrogen-bond acceptors (Lipinski definition) is 5. The number of hydrogen-bond donors (Lipinski definition) is 0. The van der Waals surface area contributed by atoms with E-state index in [-0.39, 0.29) is 18.1 Å². The minimum atomic E-state index is -0.00955. The summed E-state index contributed by atoms with van der Waals surface area (Å²) < 4.78 is 7.34. The Morgan fingerprint density at radius 3 is 3.05 bits per heavy atom. The standard InChI is InChI=1S/C14H18N4O2S/c1-17-7-10(6-16-17)5-12-13(20-2)3-4-18(12)14(19)11-8-21-9-15-11/h6-9,12-13H,3-5H2,1-2H3/t12-,13+/m0/s1. The molecule has 2 aromatic heterocycles. The van der Waals surface area contributed by atoms with Crippen molar-refractivity contribution in [3.63, 3.8) is 0 Å². The number of nitrogens with zero attached hydrogens (tertiary/aromatic N) is 4. The number of carbonyl (C=O) groups excluding carboxylic acids is 1. The lowest BCUT2D eigenvalue weighted by Gasteiger charge is -2.26. The number of likely N-dealkylation sites (tertiary alicyclic amines) is 1. The molecule has 0 spiro atoms. The number of rotatable bonds is 4. The molecule has 21 heavy (non-hydrogen) atoms. The van der Waals surface area contributed by atoms with Crippen molar-refractivity contribution in [1.29, 1.82) is 0 Å². The molecule has 1 fully saturated rings. The molecule has 3 rings (SSSR count). The maximum Gasteiger partial charge on any atom is 0.273 e. The van der Waals surface area contributed by atoms with Crippen LogP contribution < -0.4 is 0 Å². The maximum absolute atomic E-state index is 12.6. The zero-order chi connectivity index (χ0) is 14.8. The van der Waals surface area contributed by atoms with Gasteiger partial charge < -0.3 is 9.64 Å². The van der Waals surface area contributed by atoms with E-state index in [9.17, 15) is 4.79 Å². The number of aromatic nitrogens is 3. The van der Waals surface area contributed by atoms with Gasteiger partial charge in [0.05, 0.1) is 23.9 Å². The van der Waals surface area contributed by atoms with Crippen LogP contribution in [0.15, 0.2) is 23.3 Å². The number of carbonyl (C=O) groups is 1. The molecular formula is C14H18N4O2S. The average Bonchev–Trinajstić information content (AvgIpc) is 3.19. The summed E-state index contributed by atoms with van der Waals surface area (Å²) in [5.74, 6) is -0.00955. The summed E-state index contributed by atoms with van der Waals surface area (Å²) in [4.78, 5) is 18.6. The van der Waals surface area contributed by atoms with E-state index in [1.807, 2.05) is 24.3 Å². The van der Waals surface area contributed by atoms with E-state index in [1.165, 1.54) is 11.3 Å². The molecule has 3 heterocycles. The summed E-state index contributed by atoms with van der Waals surface area (Å²) in [5.41, 5.74) is 3.32. The summed E-state index contributed by atoms with van der Waals surface area (Å²) in [6, 6.07) is 0.0356. The molecular weight excluding hydrogens is 288 g/mol. The summed E-state index contributed by atoms with van der Waals surface area (Å²) in [5, 5.41) is 5.99. The van der Waals surface area contributed by atoms with Gasteiger partial charge in [-0.15, -0.1) is 11.3 Å². The highest BCUT2D eigenvalue weighted by molar-refractivity contribution is 7.07. The molecule has 112 valence electrons. The molecule has 1 saturated heterocycles. The monoisotopic (exact) mass is 306 g/mol. The topological polar surface area (TPSA) is 60.2 Å². The summed E-state index contributed by atoms with van der Waals surface area (Å²) >= 11 is 1.44. The van der Waals surface area contributed by atoms with Crippen LogP contribution in [0.3, 0.4) is 0 Å². The van der Waals surface area contributed by atoms with Crippen LogP contribution in [-0.4, -0.2) is 51.4 Å². The van der Waals surface area contributed by atoms with Gasteiger partial charge in [0.25, 0.3) is 5.91 Å². The number of methoxy groups -OCH3 is 1. The van der Waals surface area contributed by atoms with Crippen molar-refractivity contribution in [1.82, 2.24) is 19.7 Å². The predicted molar refractivity (Wildman–Crippen MR) is 79.3 cm³/mol. The van der Waals surface area contributed by atoms with Gasteiger partial charge in [-0.05, 0) is 18.4 Å². The minimum Gasteiger partial charge on any atom is -0.379 e. The van der Waals surface area contributed by atoms with Crippen LogP contribution in [0, 0.1) is 0 Å². The molecule has 2 aromatic rings. The first kappa shape index (κ1) is 14.2. The fraction of sp³-hybridized carbons (Fsp3) is 0.500. The van der Waals surface area contributed by atoms with Crippen LogP contribution in [0.5, 0.6) is 0 Å². The fourth-order valence-corrected chi connectivity index (χ4v) is 3.40. The molecule has 0 radical (unpaired) electrons. The first-order valence-electron chi connectivity index (χ1n) is 6.88. The van der Waals surface area contributed by atoms with Crippen LogP contribution >= 0.6 is 11.3 Å². The van der Waals surface area contributed by atoms with Crippen molar-refractivity contribution in [3.05, 3.63) is 34.5 Å². The molecule has 0 saturated carbocycles. The molecule has 1 aliphatic rings. The van der Waals surface area contributed by atoms with Gasteiger partial charge in [-0.2, -0.15) is 5.10 Å². The largest absolute Gasteiger partial charge is 0.379 e. The van der Waals surface area contributed by atoms with Gasteiger partial charge in [-0.3, -0.25) is 9.48 Å². The van der Waals surface area contributed by atoms with Gasteiger partial charge in [0.15, 0.2) is 0 Å². The highest BCUT2D eigenvalue weighted by atomic mass is 32.1. The second-order valence-electron chi connectivity index (χ2n) is 5.23. The normalized spacial score (nSPS) is 21.9. The Kier molecular flexibility index (Phi) is 4.03. The smallest absolute Gasteiger partial charge is 0.273 e. The third-order valence-electron chi connectivity index (χ3n) is 3.90. The number of amides is 1. The second-order valence-corrected chi connectivity index (χ2v) is 5.95. The van der Waals surface area contributed by atoms with Crippen LogP contribution in [0.2, 0.25) is 0 Å². The lowest BCUT2D eigenvalue weighted by molar-refractivity contribution is 0.0505. The Balaban J connectivity index is 1.80. The molecule has 6 nitrogen and oxygen atoms in total. The molecule has 0 aromatic carbocycles. The van der Waals surface area contributed by atoms with E-state index in [0.29, 0.717) is 12.2 Å².